The highest BCUT2D eigenvalue weighted by atomic mass is 16.3. The van der Waals surface area contributed by atoms with Gasteiger partial charge in [0.1, 0.15) is 11.2 Å². The van der Waals surface area contributed by atoms with Crippen molar-refractivity contribution >= 4 is 65.3 Å². The maximum Gasteiger partial charge on any atom is 0.164 e. The molecule has 354 valence electrons. The van der Waals surface area contributed by atoms with E-state index in [-0.39, 0.29) is 0 Å². The van der Waals surface area contributed by atoms with Gasteiger partial charge < -0.3 is 8.98 Å². The van der Waals surface area contributed by atoms with Gasteiger partial charge >= 0.3 is 0 Å². The van der Waals surface area contributed by atoms with Crippen LogP contribution in [-0.4, -0.2) is 19.5 Å². The van der Waals surface area contributed by atoms with Crippen molar-refractivity contribution < 1.29 is 4.42 Å². The Hall–Kier alpha value is -10.2. The van der Waals surface area contributed by atoms with E-state index in [1.807, 2.05) is 30.3 Å². The Morgan fingerprint density at radius 2 is 0.658 bits per heavy atom. The highest BCUT2D eigenvalue weighted by molar-refractivity contribution is 6.18. The van der Waals surface area contributed by atoms with Crippen LogP contribution >= 0.6 is 0 Å². The topological polar surface area (TPSA) is 56.7 Å². The first kappa shape index (κ1) is 43.4. The molecule has 0 aliphatic rings. The molecule has 0 amide bonds. The van der Waals surface area contributed by atoms with Gasteiger partial charge in [-0.1, -0.05) is 224 Å². The average Bonchev–Trinajstić information content (AvgIpc) is 4.12. The molecule has 3 heterocycles. The van der Waals surface area contributed by atoms with Crippen LogP contribution in [0.15, 0.2) is 271 Å². The summed E-state index contributed by atoms with van der Waals surface area (Å²) in [5.41, 5.74) is 16.6. The summed E-state index contributed by atoms with van der Waals surface area (Å²) < 4.78 is 9.47. The first-order valence-electron chi connectivity index (χ1n) is 25.7. The molecule has 5 nitrogen and oxygen atoms in total. The molecule has 5 heteroatoms. The van der Waals surface area contributed by atoms with E-state index >= 15 is 0 Å². The van der Waals surface area contributed by atoms with Crippen LogP contribution in [0.5, 0.6) is 0 Å². The van der Waals surface area contributed by atoms with Crippen LogP contribution in [0.4, 0.5) is 0 Å². The summed E-state index contributed by atoms with van der Waals surface area (Å²) in [5, 5.41) is 9.09. The summed E-state index contributed by atoms with van der Waals surface area (Å²) in [6.07, 6.45) is 0. The molecule has 0 saturated heterocycles. The van der Waals surface area contributed by atoms with Crippen molar-refractivity contribution in [3.63, 3.8) is 0 Å². The molecule has 0 spiro atoms. The standard InChI is InChI=1S/C71H44N4O/c1-4-15-45(16-5-1)47-27-29-49(30-28-47)50-33-37-53(38-34-50)70-72-69(52-19-8-3-9-20-52)73-71(74-70)58-25-14-26-66-68(58)62-43-59(51-35-31-48(32-36-51)46-17-6-2-7-18-46)65(44-67(62)76-66)75-63-41-56-23-12-10-21-54(56)39-60(63)61-40-55-22-11-13-24-57(55)42-64(61)75/h1-44H. The predicted molar refractivity (Wildman–Crippen MR) is 315 cm³/mol. The minimum absolute atomic E-state index is 0.566. The molecule has 0 N–H and O–H groups in total. The van der Waals surface area contributed by atoms with E-state index in [2.05, 4.69) is 241 Å². The quantitative estimate of drug-likeness (QED) is 0.152. The number of rotatable bonds is 8. The van der Waals surface area contributed by atoms with Crippen molar-refractivity contribution in [2.75, 3.05) is 0 Å². The lowest BCUT2D eigenvalue weighted by atomic mass is 9.96. The minimum Gasteiger partial charge on any atom is -0.456 e. The van der Waals surface area contributed by atoms with E-state index in [9.17, 15) is 0 Å². The molecule has 12 aromatic carbocycles. The molecule has 0 radical (unpaired) electrons. The molecule has 0 bridgehead atoms. The minimum atomic E-state index is 0.566. The number of fused-ring (bicyclic) bond motifs is 8. The van der Waals surface area contributed by atoms with Crippen LogP contribution in [0.25, 0.3) is 150 Å². The normalized spacial score (nSPS) is 11.7. The first-order valence-corrected chi connectivity index (χ1v) is 25.7. The van der Waals surface area contributed by atoms with Gasteiger partial charge in [0, 0.05) is 49.9 Å². The van der Waals surface area contributed by atoms with E-state index in [1.54, 1.807) is 0 Å². The Kier molecular flexibility index (Phi) is 10.1. The third-order valence-electron chi connectivity index (χ3n) is 15.0. The predicted octanol–water partition coefficient (Wildman–Crippen LogP) is 18.8. The van der Waals surface area contributed by atoms with Crippen LogP contribution in [0.3, 0.4) is 0 Å². The van der Waals surface area contributed by atoms with E-state index in [0.717, 1.165) is 83.2 Å². The average molecular weight is 969 g/mol. The number of hydrogen-bond acceptors (Lipinski definition) is 4. The fraction of sp³-hybridized carbons (Fsp3) is 0. The lowest BCUT2D eigenvalue weighted by Gasteiger charge is -2.16. The monoisotopic (exact) mass is 968 g/mol. The van der Waals surface area contributed by atoms with Crippen molar-refractivity contribution in [1.82, 2.24) is 19.5 Å². The Labute approximate surface area is 438 Å². The SMILES string of the molecule is c1ccc(-c2ccc(-c3ccc(-c4nc(-c5ccccc5)nc(-c5cccc6oc7cc(-n8c9cc%10ccccc%10cc9c9cc%10ccccc%10cc98)c(-c8ccc(-c9ccccc9)cc8)cc7c56)n4)cc3)cc2)cc1. The Balaban J connectivity index is 0.931. The zero-order valence-corrected chi connectivity index (χ0v) is 41.1. The second-order valence-corrected chi connectivity index (χ2v) is 19.6. The molecule has 0 unspecified atom stereocenters. The lowest BCUT2D eigenvalue weighted by Crippen LogP contribution is -2.00. The van der Waals surface area contributed by atoms with Crippen LogP contribution in [-0.2, 0) is 0 Å². The fourth-order valence-electron chi connectivity index (χ4n) is 11.2. The molecule has 0 aliphatic heterocycles. The molecule has 0 fully saturated rings. The molecule has 0 saturated carbocycles. The second kappa shape index (κ2) is 17.8. The highest BCUT2D eigenvalue weighted by Gasteiger charge is 2.23. The van der Waals surface area contributed by atoms with E-state index in [1.165, 1.54) is 49.0 Å². The maximum absolute atomic E-state index is 7.02. The van der Waals surface area contributed by atoms with Gasteiger partial charge in [-0.2, -0.15) is 0 Å². The van der Waals surface area contributed by atoms with Crippen molar-refractivity contribution in [2.45, 2.75) is 0 Å². The Morgan fingerprint density at radius 1 is 0.263 bits per heavy atom. The smallest absolute Gasteiger partial charge is 0.164 e. The molecule has 3 aromatic heterocycles. The summed E-state index contributed by atoms with van der Waals surface area (Å²) in [7, 11) is 0. The summed E-state index contributed by atoms with van der Waals surface area (Å²) >= 11 is 0. The lowest BCUT2D eigenvalue weighted by molar-refractivity contribution is 0.668. The third-order valence-corrected chi connectivity index (χ3v) is 15.0. The first-order chi connectivity index (χ1) is 37.6. The van der Waals surface area contributed by atoms with Gasteiger partial charge in [0.05, 0.1) is 16.7 Å². The summed E-state index contributed by atoms with van der Waals surface area (Å²) in [6.45, 7) is 0. The summed E-state index contributed by atoms with van der Waals surface area (Å²) in [4.78, 5) is 15.7. The largest absolute Gasteiger partial charge is 0.456 e. The summed E-state index contributed by atoms with van der Waals surface area (Å²) in [5.74, 6) is 1.75. The van der Waals surface area contributed by atoms with Crippen LogP contribution < -0.4 is 0 Å². The number of hydrogen-bond donors (Lipinski definition) is 0. The molecule has 15 rings (SSSR count). The number of furan rings is 1. The zero-order valence-electron chi connectivity index (χ0n) is 41.1. The van der Waals surface area contributed by atoms with Crippen molar-refractivity contribution in [3.05, 3.63) is 267 Å². The van der Waals surface area contributed by atoms with E-state index in [4.69, 9.17) is 19.4 Å². The second-order valence-electron chi connectivity index (χ2n) is 19.6. The Morgan fingerprint density at radius 3 is 1.16 bits per heavy atom. The number of nitrogens with zero attached hydrogens (tertiary/aromatic N) is 4. The van der Waals surface area contributed by atoms with Gasteiger partial charge in [-0.3, -0.25) is 0 Å². The number of benzene rings is 12. The van der Waals surface area contributed by atoms with Gasteiger partial charge in [-0.25, -0.2) is 15.0 Å². The van der Waals surface area contributed by atoms with Gasteiger partial charge in [0.2, 0.25) is 0 Å². The fourth-order valence-corrected chi connectivity index (χ4v) is 11.2. The van der Waals surface area contributed by atoms with Crippen molar-refractivity contribution in [2.24, 2.45) is 0 Å². The van der Waals surface area contributed by atoms with Crippen LogP contribution in [0.2, 0.25) is 0 Å². The van der Waals surface area contributed by atoms with Gasteiger partial charge in [-0.05, 0) is 96.9 Å². The van der Waals surface area contributed by atoms with Gasteiger partial charge in [0.25, 0.3) is 0 Å². The van der Waals surface area contributed by atoms with Crippen LogP contribution in [0.1, 0.15) is 0 Å². The van der Waals surface area contributed by atoms with Gasteiger partial charge in [-0.15, -0.1) is 0 Å². The number of aromatic nitrogens is 4. The highest BCUT2D eigenvalue weighted by Crippen LogP contribution is 2.45. The van der Waals surface area contributed by atoms with Crippen molar-refractivity contribution in [3.8, 4) is 84.4 Å². The Bertz CT molecular complexity index is 4600. The molecular formula is C71H44N4O. The zero-order chi connectivity index (χ0) is 50.1. The summed E-state index contributed by atoms with van der Waals surface area (Å²) in [6, 6.07) is 94.9. The molecule has 15 aromatic rings. The third kappa shape index (κ3) is 7.44. The molecule has 76 heavy (non-hydrogen) atoms. The molecule has 0 atom stereocenters. The molecular weight excluding hydrogens is 925 g/mol. The van der Waals surface area contributed by atoms with Crippen LogP contribution in [0, 0.1) is 0 Å². The van der Waals surface area contributed by atoms with E-state index < -0.39 is 0 Å². The van der Waals surface area contributed by atoms with Crippen molar-refractivity contribution in [1.29, 1.82) is 0 Å². The van der Waals surface area contributed by atoms with Gasteiger partial charge in [0.15, 0.2) is 17.5 Å². The molecule has 0 aliphatic carbocycles. The maximum atomic E-state index is 7.02. The van der Waals surface area contributed by atoms with E-state index in [0.29, 0.717) is 17.5 Å².